The molecule has 13 nitrogen and oxygen atoms in total. The molecule has 16 heteroatoms. The number of rotatable bonds is 15. The highest BCUT2D eigenvalue weighted by Crippen LogP contribution is 2.30. The number of thiazole rings is 1. The predicted molar refractivity (Wildman–Crippen MR) is 213 cm³/mol. The van der Waals surface area contributed by atoms with E-state index in [1.807, 2.05) is 58.9 Å². The van der Waals surface area contributed by atoms with Gasteiger partial charge in [-0.25, -0.2) is 4.98 Å². The van der Waals surface area contributed by atoms with Crippen LogP contribution in [0.4, 0.5) is 5.69 Å². The number of carbonyl (C=O) groups excluding carboxylic acids is 5. The van der Waals surface area contributed by atoms with Gasteiger partial charge in [-0.05, 0) is 61.3 Å². The minimum Gasteiger partial charge on any atom is -0.391 e. The maximum absolute atomic E-state index is 14.0. The predicted octanol–water partition coefficient (Wildman–Crippen LogP) is 4.42. The molecule has 3 aromatic rings. The second kappa shape index (κ2) is 19.5. The third-order valence-corrected chi connectivity index (χ3v) is 10.7. The standard InChI is InChI=1S/C38H50ClN7O6S.ClH/c1-21(23-12-14-25(15-13-23)33-22(2)42-20-53-33)43-36(51)29-18-26(47)19-46(29)37(52)34(38(3,4)5)45-31(49)11-7-9-24-8-6-10-28(32(24)39)44-35(50)27(40)16-17-30(41)48;/h6,8,10,12-15,20-21,26-27,29,34,47H,7,9,11,16-19,40H2,1-5H3,(H2,41,48)(H,43,51)(H,44,50)(H,45,49);1H/t21-,26+,27-,29-,34+;/m0./s1. The van der Waals surface area contributed by atoms with Crippen LogP contribution in [0.2, 0.25) is 5.02 Å². The Morgan fingerprint density at radius 1 is 1.07 bits per heavy atom. The topological polar surface area (TPSA) is 210 Å². The van der Waals surface area contributed by atoms with Crippen LogP contribution in [0.15, 0.2) is 48.0 Å². The molecule has 0 aliphatic carbocycles. The van der Waals surface area contributed by atoms with E-state index in [1.54, 1.807) is 35.0 Å². The summed E-state index contributed by atoms with van der Waals surface area (Å²) < 4.78 is 0. The summed E-state index contributed by atoms with van der Waals surface area (Å²) >= 11 is 8.14. The first-order valence-corrected chi connectivity index (χ1v) is 18.9. The molecule has 1 aromatic heterocycles. The number of aryl methyl sites for hydroxylation is 2. The number of amides is 5. The van der Waals surface area contributed by atoms with E-state index in [2.05, 4.69) is 20.9 Å². The van der Waals surface area contributed by atoms with E-state index >= 15 is 0 Å². The highest BCUT2D eigenvalue weighted by atomic mass is 35.5. The van der Waals surface area contributed by atoms with E-state index in [0.29, 0.717) is 29.1 Å². The van der Waals surface area contributed by atoms with Crippen molar-refractivity contribution in [3.63, 3.8) is 0 Å². The van der Waals surface area contributed by atoms with Crippen molar-refractivity contribution in [1.82, 2.24) is 20.5 Å². The Kier molecular flexibility index (Phi) is 16.0. The lowest BCUT2D eigenvalue weighted by atomic mass is 9.85. The van der Waals surface area contributed by atoms with Crippen LogP contribution in [0, 0.1) is 12.3 Å². The molecule has 1 saturated heterocycles. The number of primary amides is 1. The van der Waals surface area contributed by atoms with E-state index < -0.39 is 47.4 Å². The van der Waals surface area contributed by atoms with Gasteiger partial charge in [0.05, 0.1) is 45.0 Å². The Morgan fingerprint density at radius 3 is 2.37 bits per heavy atom. The third-order valence-electron chi connectivity index (χ3n) is 9.29. The van der Waals surface area contributed by atoms with Gasteiger partial charge in [0, 0.05) is 25.8 Å². The zero-order valence-electron chi connectivity index (χ0n) is 31.2. The molecule has 1 aliphatic rings. The van der Waals surface area contributed by atoms with E-state index in [0.717, 1.165) is 21.7 Å². The van der Waals surface area contributed by atoms with Gasteiger partial charge >= 0.3 is 0 Å². The molecular formula is C38H51Cl2N7O6S. The van der Waals surface area contributed by atoms with Gasteiger partial charge in [0.1, 0.15) is 12.1 Å². The zero-order valence-corrected chi connectivity index (χ0v) is 33.6. The molecule has 0 unspecified atom stereocenters. The van der Waals surface area contributed by atoms with Gasteiger partial charge in [0.15, 0.2) is 0 Å². The number of anilines is 1. The molecule has 4 rings (SSSR count). The molecule has 54 heavy (non-hydrogen) atoms. The highest BCUT2D eigenvalue weighted by Gasteiger charge is 2.44. The van der Waals surface area contributed by atoms with Gasteiger partial charge < -0.3 is 37.4 Å². The molecule has 5 amide bonds. The summed E-state index contributed by atoms with van der Waals surface area (Å²) in [6.45, 7) is 9.28. The summed E-state index contributed by atoms with van der Waals surface area (Å²) in [5.74, 6) is -2.24. The fourth-order valence-corrected chi connectivity index (χ4v) is 7.29. The largest absolute Gasteiger partial charge is 0.391 e. The van der Waals surface area contributed by atoms with Gasteiger partial charge in [-0.1, -0.05) is 68.8 Å². The van der Waals surface area contributed by atoms with Crippen LogP contribution in [0.3, 0.4) is 0 Å². The smallest absolute Gasteiger partial charge is 0.246 e. The fourth-order valence-electron chi connectivity index (χ4n) is 6.21. The minimum atomic E-state index is -0.961. The molecule has 0 bridgehead atoms. The van der Waals surface area contributed by atoms with E-state index in [4.69, 9.17) is 23.1 Å². The first-order valence-electron chi connectivity index (χ1n) is 17.7. The number of aromatic nitrogens is 1. The van der Waals surface area contributed by atoms with Crippen molar-refractivity contribution in [2.24, 2.45) is 16.9 Å². The van der Waals surface area contributed by atoms with Crippen LogP contribution in [0.1, 0.15) is 82.7 Å². The van der Waals surface area contributed by atoms with Crippen LogP contribution in [-0.2, 0) is 30.4 Å². The Bertz CT molecular complexity index is 1800. The molecular weight excluding hydrogens is 753 g/mol. The second-order valence-corrected chi connectivity index (χ2v) is 15.8. The Hall–Kier alpha value is -4.08. The van der Waals surface area contributed by atoms with Crippen LogP contribution < -0.4 is 27.4 Å². The average molecular weight is 805 g/mol. The quantitative estimate of drug-likeness (QED) is 0.129. The number of halogens is 2. The number of aliphatic hydroxyl groups excluding tert-OH is 1. The number of nitrogens with one attached hydrogen (secondary N) is 3. The van der Waals surface area contributed by atoms with E-state index in [9.17, 15) is 29.1 Å². The van der Waals surface area contributed by atoms with Crippen molar-refractivity contribution >= 4 is 70.6 Å². The van der Waals surface area contributed by atoms with Gasteiger partial charge in [0.25, 0.3) is 0 Å². The van der Waals surface area contributed by atoms with Crippen LogP contribution in [-0.4, -0.2) is 75.3 Å². The number of β-amino-alcohol motifs (C(OH)–C–C–N with tert-alkyl or cyclic N) is 1. The Labute approximate surface area is 331 Å². The first kappa shape index (κ1) is 44.3. The lowest BCUT2D eigenvalue weighted by Gasteiger charge is -2.35. The number of hydrogen-bond acceptors (Lipinski definition) is 9. The van der Waals surface area contributed by atoms with Crippen molar-refractivity contribution in [2.75, 3.05) is 11.9 Å². The number of aliphatic hydroxyl groups is 1. The van der Waals surface area contributed by atoms with Crippen molar-refractivity contribution in [3.8, 4) is 10.4 Å². The molecule has 8 N–H and O–H groups in total. The number of hydrogen-bond donors (Lipinski definition) is 6. The van der Waals surface area contributed by atoms with Crippen LogP contribution in [0.5, 0.6) is 0 Å². The van der Waals surface area contributed by atoms with E-state index in [-0.39, 0.29) is 62.5 Å². The molecule has 5 atom stereocenters. The summed E-state index contributed by atoms with van der Waals surface area (Å²) in [5.41, 5.74) is 16.1. The number of carbonyl (C=O) groups is 5. The van der Waals surface area contributed by atoms with Gasteiger partial charge in [-0.3, -0.25) is 24.0 Å². The maximum atomic E-state index is 14.0. The summed E-state index contributed by atoms with van der Waals surface area (Å²) in [5, 5.41) is 19.5. The molecule has 0 saturated carbocycles. The Morgan fingerprint density at radius 2 is 1.76 bits per heavy atom. The lowest BCUT2D eigenvalue weighted by Crippen LogP contribution is -2.57. The number of likely N-dealkylation sites (tertiary alicyclic amines) is 1. The fraction of sp³-hybridized carbons (Fsp3) is 0.474. The molecule has 1 aliphatic heterocycles. The van der Waals surface area contributed by atoms with Gasteiger partial charge in [-0.15, -0.1) is 23.7 Å². The van der Waals surface area contributed by atoms with E-state index in [1.165, 1.54) is 4.90 Å². The van der Waals surface area contributed by atoms with Crippen LogP contribution in [0.25, 0.3) is 10.4 Å². The third kappa shape index (κ3) is 11.7. The summed E-state index contributed by atoms with van der Waals surface area (Å²) in [6, 6.07) is 9.85. The normalized spacial score (nSPS) is 17.1. The van der Waals surface area contributed by atoms with Crippen molar-refractivity contribution < 1.29 is 29.1 Å². The molecule has 2 heterocycles. The van der Waals surface area contributed by atoms with Crippen LogP contribution >= 0.6 is 35.3 Å². The minimum absolute atomic E-state index is 0. The molecule has 1 fully saturated rings. The SMILES string of the molecule is Cc1ncsc1-c1ccc([C@H](C)NC(=O)[C@@H]2C[C@@H](O)CN2C(=O)[C@@H](NC(=O)CCCc2cccc(NC(=O)[C@@H](N)CCC(N)=O)c2Cl)C(C)(C)C)cc1.Cl. The summed E-state index contributed by atoms with van der Waals surface area (Å²) in [7, 11) is 0. The average Bonchev–Trinajstić information content (AvgIpc) is 3.72. The van der Waals surface area contributed by atoms with Gasteiger partial charge in [0.2, 0.25) is 29.5 Å². The molecule has 0 spiro atoms. The summed E-state index contributed by atoms with van der Waals surface area (Å²) in [4.78, 5) is 71.2. The zero-order chi connectivity index (χ0) is 39.0. The number of benzene rings is 2. The highest BCUT2D eigenvalue weighted by molar-refractivity contribution is 7.13. The van der Waals surface area contributed by atoms with Crippen molar-refractivity contribution in [2.45, 2.75) is 103 Å². The molecule has 0 radical (unpaired) electrons. The van der Waals surface area contributed by atoms with Crippen molar-refractivity contribution in [3.05, 3.63) is 69.8 Å². The molecule has 294 valence electrons. The number of nitrogens with zero attached hydrogens (tertiary/aromatic N) is 2. The maximum Gasteiger partial charge on any atom is 0.246 e. The number of nitrogens with two attached hydrogens (primary N) is 2. The van der Waals surface area contributed by atoms with Crippen molar-refractivity contribution in [1.29, 1.82) is 0 Å². The molecule has 2 aromatic carbocycles. The lowest BCUT2D eigenvalue weighted by molar-refractivity contribution is -0.144. The monoisotopic (exact) mass is 803 g/mol. The first-order chi connectivity index (χ1) is 25.0. The summed E-state index contributed by atoms with van der Waals surface area (Å²) in [6.07, 6.45) is 0.146. The second-order valence-electron chi connectivity index (χ2n) is 14.6. The Balaban J connectivity index is 0.00000784. The van der Waals surface area contributed by atoms with Gasteiger partial charge in [-0.2, -0.15) is 0 Å².